The first kappa shape index (κ1) is 12.9. The quantitative estimate of drug-likeness (QED) is 0.674. The third kappa shape index (κ3) is 2.02. The number of pyridine rings is 1. The van der Waals surface area contributed by atoms with Gasteiger partial charge in [-0.15, -0.1) is 0 Å². The van der Waals surface area contributed by atoms with Gasteiger partial charge in [0, 0.05) is 21.7 Å². The lowest BCUT2D eigenvalue weighted by Crippen LogP contribution is -1.92. The number of carbonyl (C=O) groups excluding carboxylic acids is 1. The topological polar surface area (TPSA) is 30.7 Å². The highest BCUT2D eigenvalue weighted by molar-refractivity contribution is 9.10. The van der Waals surface area contributed by atoms with E-state index < -0.39 is 0 Å². The zero-order valence-electron chi connectivity index (χ0n) is 10.8. The maximum Gasteiger partial charge on any atom is 0.167 e. The highest BCUT2D eigenvalue weighted by atomic mass is 79.9. The SMILES string of the molecule is COc1ccc(-c2cc3ccccn3c2C=O)c(Br)c1. The molecule has 20 heavy (non-hydrogen) atoms. The van der Waals surface area contributed by atoms with Gasteiger partial charge < -0.3 is 9.14 Å². The normalized spacial score (nSPS) is 10.7. The van der Waals surface area contributed by atoms with Crippen LogP contribution >= 0.6 is 15.9 Å². The number of ether oxygens (including phenoxy) is 1. The molecule has 2 heterocycles. The monoisotopic (exact) mass is 329 g/mol. The van der Waals surface area contributed by atoms with Crippen molar-refractivity contribution in [2.75, 3.05) is 7.11 Å². The van der Waals surface area contributed by atoms with E-state index in [2.05, 4.69) is 15.9 Å². The second-order valence-corrected chi connectivity index (χ2v) is 5.26. The van der Waals surface area contributed by atoms with Crippen LogP contribution in [0.4, 0.5) is 0 Å². The van der Waals surface area contributed by atoms with Crippen LogP contribution in [0.3, 0.4) is 0 Å². The molecule has 3 aromatic rings. The fourth-order valence-corrected chi connectivity index (χ4v) is 2.89. The van der Waals surface area contributed by atoms with Gasteiger partial charge in [-0.05, 0) is 42.0 Å². The first-order valence-corrected chi connectivity index (χ1v) is 6.93. The van der Waals surface area contributed by atoms with Crippen molar-refractivity contribution in [2.24, 2.45) is 0 Å². The van der Waals surface area contributed by atoms with Gasteiger partial charge in [0.1, 0.15) is 5.75 Å². The number of methoxy groups -OCH3 is 1. The van der Waals surface area contributed by atoms with Crippen LogP contribution in [0.15, 0.2) is 53.1 Å². The molecule has 3 rings (SSSR count). The molecule has 3 nitrogen and oxygen atoms in total. The minimum Gasteiger partial charge on any atom is -0.497 e. The van der Waals surface area contributed by atoms with E-state index in [-0.39, 0.29) is 0 Å². The number of benzene rings is 1. The summed E-state index contributed by atoms with van der Waals surface area (Å²) in [5.74, 6) is 0.775. The Morgan fingerprint density at radius 2 is 2.00 bits per heavy atom. The average molecular weight is 330 g/mol. The standard InChI is InChI=1S/C16H12BrNO2/c1-20-12-5-6-13(15(17)9-12)14-8-11-4-2-3-7-18(11)16(14)10-19/h2-10H,1H3. The summed E-state index contributed by atoms with van der Waals surface area (Å²) < 4.78 is 7.98. The van der Waals surface area contributed by atoms with E-state index in [0.29, 0.717) is 5.69 Å². The summed E-state index contributed by atoms with van der Waals surface area (Å²) in [4.78, 5) is 11.4. The summed E-state index contributed by atoms with van der Waals surface area (Å²) in [5.41, 5.74) is 3.51. The Bertz CT molecular complexity index is 792. The van der Waals surface area contributed by atoms with E-state index >= 15 is 0 Å². The molecule has 0 saturated carbocycles. The Balaban J connectivity index is 2.26. The van der Waals surface area contributed by atoms with Gasteiger partial charge in [0.2, 0.25) is 0 Å². The number of rotatable bonds is 3. The van der Waals surface area contributed by atoms with Crippen LogP contribution in [-0.2, 0) is 0 Å². The van der Waals surface area contributed by atoms with E-state index in [9.17, 15) is 4.79 Å². The summed E-state index contributed by atoms with van der Waals surface area (Å²) in [7, 11) is 1.63. The van der Waals surface area contributed by atoms with Crippen LogP contribution in [0.2, 0.25) is 0 Å². The van der Waals surface area contributed by atoms with Crippen molar-refractivity contribution in [1.29, 1.82) is 0 Å². The van der Waals surface area contributed by atoms with Gasteiger partial charge >= 0.3 is 0 Å². The van der Waals surface area contributed by atoms with Crippen molar-refractivity contribution in [1.82, 2.24) is 4.40 Å². The van der Waals surface area contributed by atoms with Gasteiger partial charge in [0.05, 0.1) is 12.8 Å². The molecule has 0 fully saturated rings. The molecule has 100 valence electrons. The number of hydrogen-bond donors (Lipinski definition) is 0. The van der Waals surface area contributed by atoms with Crippen molar-refractivity contribution >= 4 is 27.7 Å². The zero-order chi connectivity index (χ0) is 14.1. The minimum absolute atomic E-state index is 0.645. The molecule has 0 N–H and O–H groups in total. The van der Waals surface area contributed by atoms with Gasteiger partial charge in [0.25, 0.3) is 0 Å². The molecule has 1 aromatic carbocycles. The molecule has 4 heteroatoms. The third-order valence-electron chi connectivity index (χ3n) is 3.30. The molecule has 2 aromatic heterocycles. The molecule has 0 amide bonds. The average Bonchev–Trinajstić information content (AvgIpc) is 2.85. The van der Waals surface area contributed by atoms with Crippen LogP contribution in [0.1, 0.15) is 10.5 Å². The summed E-state index contributed by atoms with van der Waals surface area (Å²) in [6.07, 6.45) is 2.78. The number of nitrogens with zero attached hydrogens (tertiary/aromatic N) is 1. The van der Waals surface area contributed by atoms with Crippen molar-refractivity contribution in [3.05, 3.63) is 58.8 Å². The lowest BCUT2D eigenvalue weighted by Gasteiger charge is -2.06. The number of fused-ring (bicyclic) bond motifs is 1. The third-order valence-corrected chi connectivity index (χ3v) is 3.95. The summed E-state index contributed by atoms with van der Waals surface area (Å²) in [6.45, 7) is 0. The largest absolute Gasteiger partial charge is 0.497 e. The molecule has 0 atom stereocenters. The number of aromatic nitrogens is 1. The fraction of sp³-hybridized carbons (Fsp3) is 0.0625. The number of halogens is 1. The van der Waals surface area contributed by atoms with Gasteiger partial charge in [-0.3, -0.25) is 4.79 Å². The van der Waals surface area contributed by atoms with E-state index in [1.807, 2.05) is 53.1 Å². The van der Waals surface area contributed by atoms with Crippen molar-refractivity contribution in [3.8, 4) is 16.9 Å². The predicted molar refractivity (Wildman–Crippen MR) is 82.5 cm³/mol. The van der Waals surface area contributed by atoms with Crippen LogP contribution in [0, 0.1) is 0 Å². The Morgan fingerprint density at radius 3 is 2.70 bits per heavy atom. The molecule has 0 radical (unpaired) electrons. The maximum absolute atomic E-state index is 11.4. The van der Waals surface area contributed by atoms with Gasteiger partial charge in [0.15, 0.2) is 6.29 Å². The number of carbonyl (C=O) groups is 1. The van der Waals surface area contributed by atoms with Crippen LogP contribution in [0.25, 0.3) is 16.6 Å². The van der Waals surface area contributed by atoms with Crippen molar-refractivity contribution < 1.29 is 9.53 Å². The first-order chi connectivity index (χ1) is 9.74. The molecule has 0 saturated heterocycles. The van der Waals surface area contributed by atoms with Gasteiger partial charge in [-0.25, -0.2) is 0 Å². The summed E-state index contributed by atoms with van der Waals surface area (Å²) >= 11 is 3.54. The number of aldehydes is 1. The molecule has 0 bridgehead atoms. The molecular weight excluding hydrogens is 318 g/mol. The Morgan fingerprint density at radius 1 is 1.15 bits per heavy atom. The summed E-state index contributed by atoms with van der Waals surface area (Å²) in [6, 6.07) is 13.6. The molecular formula is C16H12BrNO2. The number of hydrogen-bond acceptors (Lipinski definition) is 2. The second kappa shape index (κ2) is 5.13. The fourth-order valence-electron chi connectivity index (χ4n) is 2.32. The van der Waals surface area contributed by atoms with Gasteiger partial charge in [-0.1, -0.05) is 22.0 Å². The van der Waals surface area contributed by atoms with E-state index in [1.165, 1.54) is 0 Å². The molecule has 0 aliphatic carbocycles. The van der Waals surface area contributed by atoms with E-state index in [0.717, 1.165) is 33.2 Å². The Hall–Kier alpha value is -2.07. The van der Waals surface area contributed by atoms with Crippen LogP contribution in [-0.4, -0.2) is 17.8 Å². The minimum atomic E-state index is 0.645. The lowest BCUT2D eigenvalue weighted by molar-refractivity contribution is 0.111. The molecule has 0 unspecified atom stereocenters. The molecule has 0 aliphatic rings. The van der Waals surface area contributed by atoms with Crippen LogP contribution in [0.5, 0.6) is 5.75 Å². The van der Waals surface area contributed by atoms with Gasteiger partial charge in [-0.2, -0.15) is 0 Å². The summed E-state index contributed by atoms with van der Waals surface area (Å²) in [5, 5.41) is 0. The maximum atomic E-state index is 11.4. The second-order valence-electron chi connectivity index (χ2n) is 4.40. The van der Waals surface area contributed by atoms with Crippen LogP contribution < -0.4 is 4.74 Å². The smallest absolute Gasteiger partial charge is 0.167 e. The first-order valence-electron chi connectivity index (χ1n) is 6.14. The predicted octanol–water partition coefficient (Wildman–Crippen LogP) is 4.19. The van der Waals surface area contributed by atoms with E-state index in [4.69, 9.17) is 4.74 Å². The highest BCUT2D eigenvalue weighted by Gasteiger charge is 2.13. The molecule has 0 spiro atoms. The highest BCUT2D eigenvalue weighted by Crippen LogP contribution is 2.34. The van der Waals surface area contributed by atoms with Crippen molar-refractivity contribution in [3.63, 3.8) is 0 Å². The Labute approximate surface area is 124 Å². The molecule has 0 aliphatic heterocycles. The van der Waals surface area contributed by atoms with Crippen molar-refractivity contribution in [2.45, 2.75) is 0 Å². The van der Waals surface area contributed by atoms with E-state index in [1.54, 1.807) is 7.11 Å². The zero-order valence-corrected chi connectivity index (χ0v) is 12.4. The lowest BCUT2D eigenvalue weighted by atomic mass is 10.1. The Kier molecular flexibility index (Phi) is 3.32.